The van der Waals surface area contributed by atoms with Crippen molar-refractivity contribution < 1.29 is 8.42 Å². The Labute approximate surface area is 156 Å². The third-order valence-corrected chi connectivity index (χ3v) is 6.36. The molecule has 3 aromatic carbocycles. The van der Waals surface area contributed by atoms with Crippen LogP contribution in [0.5, 0.6) is 0 Å². The van der Waals surface area contributed by atoms with Gasteiger partial charge in [0.15, 0.2) is 0 Å². The summed E-state index contributed by atoms with van der Waals surface area (Å²) >= 11 is 3.48. The molecule has 0 saturated heterocycles. The molecule has 0 aliphatic heterocycles. The smallest absolute Gasteiger partial charge is 0.207 e. The summed E-state index contributed by atoms with van der Waals surface area (Å²) in [6.45, 7) is 1.94. The predicted octanol–water partition coefficient (Wildman–Crippen LogP) is 5.73. The minimum absolute atomic E-state index is 0.273. The number of hydrogen-bond acceptors (Lipinski definition) is 2. The normalized spacial score (nSPS) is 12.2. The van der Waals surface area contributed by atoms with Gasteiger partial charge in [0, 0.05) is 10.0 Å². The van der Waals surface area contributed by atoms with E-state index in [2.05, 4.69) is 15.9 Å². The molecule has 3 rings (SSSR count). The highest BCUT2D eigenvalue weighted by molar-refractivity contribution is 9.10. The van der Waals surface area contributed by atoms with Gasteiger partial charge in [0.1, 0.15) is 0 Å². The molecule has 0 unspecified atom stereocenters. The van der Waals surface area contributed by atoms with Crippen molar-refractivity contribution in [1.82, 2.24) is 0 Å². The molecule has 0 aliphatic rings. The van der Waals surface area contributed by atoms with E-state index >= 15 is 0 Å². The van der Waals surface area contributed by atoms with Gasteiger partial charge in [-0.3, -0.25) is 0 Å². The number of aryl methyl sites for hydroxylation is 1. The largest absolute Gasteiger partial charge is 0.218 e. The van der Waals surface area contributed by atoms with Crippen molar-refractivity contribution in [3.63, 3.8) is 0 Å². The van der Waals surface area contributed by atoms with Crippen molar-refractivity contribution in [3.8, 4) is 0 Å². The van der Waals surface area contributed by atoms with Gasteiger partial charge in [-0.15, -0.1) is 0 Å². The molecule has 2 nitrogen and oxygen atoms in total. The van der Waals surface area contributed by atoms with Crippen LogP contribution in [-0.2, 0) is 9.84 Å². The Balaban J connectivity index is 2.23. The SMILES string of the molecule is Cc1ccc(S(=O)(=O)/C(=C/c2ccccc2)c2ccccc2Br)cc1. The lowest BCUT2D eigenvalue weighted by molar-refractivity contribution is 0.606. The van der Waals surface area contributed by atoms with Gasteiger partial charge in [0.05, 0.1) is 9.80 Å². The van der Waals surface area contributed by atoms with E-state index < -0.39 is 9.84 Å². The van der Waals surface area contributed by atoms with Gasteiger partial charge in [-0.2, -0.15) is 0 Å². The van der Waals surface area contributed by atoms with Gasteiger partial charge in [0.25, 0.3) is 0 Å². The van der Waals surface area contributed by atoms with Gasteiger partial charge >= 0.3 is 0 Å². The Morgan fingerprint density at radius 1 is 0.840 bits per heavy atom. The number of rotatable bonds is 4. The van der Waals surface area contributed by atoms with Crippen LogP contribution in [0.1, 0.15) is 16.7 Å². The fourth-order valence-electron chi connectivity index (χ4n) is 2.51. The first-order valence-corrected chi connectivity index (χ1v) is 10.1. The van der Waals surface area contributed by atoms with E-state index in [0.717, 1.165) is 15.6 Å². The molecule has 0 fully saturated rings. The average Bonchev–Trinajstić information content (AvgIpc) is 2.62. The van der Waals surface area contributed by atoms with Crippen LogP contribution in [0.2, 0.25) is 0 Å². The third-order valence-electron chi connectivity index (χ3n) is 3.86. The van der Waals surface area contributed by atoms with Crippen LogP contribution in [0.25, 0.3) is 11.0 Å². The van der Waals surface area contributed by atoms with E-state index in [1.807, 2.05) is 73.7 Å². The molecule has 3 aromatic rings. The minimum atomic E-state index is -3.66. The van der Waals surface area contributed by atoms with Crippen molar-refractivity contribution in [3.05, 3.63) is 100 Å². The fraction of sp³-hybridized carbons (Fsp3) is 0.0476. The summed E-state index contributed by atoms with van der Waals surface area (Å²) in [5.41, 5.74) is 2.50. The Morgan fingerprint density at radius 3 is 2.08 bits per heavy atom. The molecule has 126 valence electrons. The minimum Gasteiger partial charge on any atom is -0.218 e. The standard InChI is InChI=1S/C21H17BrO2S/c1-16-11-13-18(14-12-16)25(23,24)21(15-17-7-3-2-4-8-17)19-9-5-6-10-20(19)22/h2-15H,1H3/b21-15+. The molecule has 0 amide bonds. The summed E-state index contributed by atoms with van der Waals surface area (Å²) in [7, 11) is -3.66. The molecule has 0 heterocycles. The zero-order valence-electron chi connectivity index (χ0n) is 13.7. The Kier molecular flexibility index (Phi) is 5.21. The van der Waals surface area contributed by atoms with Gasteiger partial charge in [0.2, 0.25) is 9.84 Å². The first kappa shape index (κ1) is 17.6. The highest BCUT2D eigenvalue weighted by Crippen LogP contribution is 2.34. The van der Waals surface area contributed by atoms with Crippen LogP contribution >= 0.6 is 15.9 Å². The Hall–Kier alpha value is -2.17. The summed E-state index contributed by atoms with van der Waals surface area (Å²) in [4.78, 5) is 0.561. The molecule has 0 radical (unpaired) electrons. The maximum absolute atomic E-state index is 13.3. The summed E-state index contributed by atoms with van der Waals surface area (Å²) in [6, 6.07) is 23.8. The van der Waals surface area contributed by atoms with Gasteiger partial charge < -0.3 is 0 Å². The van der Waals surface area contributed by atoms with Crippen LogP contribution in [-0.4, -0.2) is 8.42 Å². The van der Waals surface area contributed by atoms with E-state index in [0.29, 0.717) is 5.56 Å². The van der Waals surface area contributed by atoms with E-state index in [9.17, 15) is 8.42 Å². The second-order valence-corrected chi connectivity index (χ2v) is 8.49. The average molecular weight is 413 g/mol. The molecular weight excluding hydrogens is 396 g/mol. The maximum Gasteiger partial charge on any atom is 0.207 e. The van der Waals surface area contributed by atoms with E-state index in [4.69, 9.17) is 0 Å². The molecular formula is C21H17BrO2S. The lowest BCUT2D eigenvalue weighted by Gasteiger charge is -2.12. The highest BCUT2D eigenvalue weighted by Gasteiger charge is 2.23. The van der Waals surface area contributed by atoms with E-state index in [-0.39, 0.29) is 9.80 Å². The summed E-state index contributed by atoms with van der Waals surface area (Å²) in [6.07, 6.45) is 1.72. The lowest BCUT2D eigenvalue weighted by Crippen LogP contribution is -2.05. The van der Waals surface area contributed by atoms with Crippen molar-refractivity contribution in [2.45, 2.75) is 11.8 Å². The van der Waals surface area contributed by atoms with Gasteiger partial charge in [-0.25, -0.2) is 8.42 Å². The first-order chi connectivity index (χ1) is 12.0. The van der Waals surface area contributed by atoms with E-state index in [1.54, 1.807) is 18.2 Å². The monoisotopic (exact) mass is 412 g/mol. The molecule has 0 spiro atoms. The van der Waals surface area contributed by atoms with Gasteiger partial charge in [-0.1, -0.05) is 82.2 Å². The molecule has 4 heteroatoms. The Bertz CT molecular complexity index is 1010. The van der Waals surface area contributed by atoms with Crippen LogP contribution in [0, 0.1) is 6.92 Å². The third kappa shape index (κ3) is 3.91. The second kappa shape index (κ2) is 7.38. The quantitative estimate of drug-likeness (QED) is 0.512. The lowest BCUT2D eigenvalue weighted by atomic mass is 10.1. The van der Waals surface area contributed by atoms with Crippen LogP contribution in [0.15, 0.2) is 88.2 Å². The van der Waals surface area contributed by atoms with E-state index in [1.165, 1.54) is 0 Å². The highest BCUT2D eigenvalue weighted by atomic mass is 79.9. The zero-order chi connectivity index (χ0) is 17.9. The molecule has 0 saturated carbocycles. The summed E-state index contributed by atoms with van der Waals surface area (Å²) < 4.78 is 27.4. The van der Waals surface area contributed by atoms with Crippen LogP contribution in [0.4, 0.5) is 0 Å². The number of hydrogen-bond donors (Lipinski definition) is 0. The molecule has 0 aliphatic carbocycles. The summed E-state index contributed by atoms with van der Waals surface area (Å²) in [5.74, 6) is 0. The zero-order valence-corrected chi connectivity index (χ0v) is 16.1. The number of halogens is 1. The fourth-order valence-corrected chi connectivity index (χ4v) is 4.64. The molecule has 0 N–H and O–H groups in total. The Morgan fingerprint density at radius 2 is 1.44 bits per heavy atom. The first-order valence-electron chi connectivity index (χ1n) is 7.82. The number of benzene rings is 3. The maximum atomic E-state index is 13.3. The van der Waals surface area contributed by atoms with Crippen LogP contribution in [0.3, 0.4) is 0 Å². The van der Waals surface area contributed by atoms with Crippen molar-refractivity contribution in [2.24, 2.45) is 0 Å². The predicted molar refractivity (Wildman–Crippen MR) is 107 cm³/mol. The number of sulfone groups is 1. The topological polar surface area (TPSA) is 34.1 Å². The summed E-state index contributed by atoms with van der Waals surface area (Å²) in [5, 5.41) is 0. The van der Waals surface area contributed by atoms with Gasteiger partial charge in [-0.05, 0) is 36.8 Å². The second-order valence-electron chi connectivity index (χ2n) is 5.72. The van der Waals surface area contributed by atoms with Crippen molar-refractivity contribution in [1.29, 1.82) is 0 Å². The molecule has 25 heavy (non-hydrogen) atoms. The molecule has 0 atom stereocenters. The van der Waals surface area contributed by atoms with Crippen LogP contribution < -0.4 is 0 Å². The van der Waals surface area contributed by atoms with Crippen molar-refractivity contribution >= 4 is 36.7 Å². The molecule has 0 bridgehead atoms. The van der Waals surface area contributed by atoms with Crippen molar-refractivity contribution in [2.75, 3.05) is 0 Å². The molecule has 0 aromatic heterocycles.